The normalized spacial score (nSPS) is 11.7. The maximum atomic E-state index is 12.3. The third kappa shape index (κ3) is 5.45. The second-order valence-electron chi connectivity index (χ2n) is 5.68. The molecular formula is C18H22N4O3S. The van der Waals surface area contributed by atoms with E-state index in [0.29, 0.717) is 12.2 Å². The largest absolute Gasteiger partial charge is 0.379 e. The molecule has 1 aromatic carbocycles. The van der Waals surface area contributed by atoms with Gasteiger partial charge < -0.3 is 11.1 Å². The number of Topliss-reactive ketones (excluding diaryl/α,β-unsaturated/α-hetero) is 1. The van der Waals surface area contributed by atoms with Crippen LogP contribution in [0.3, 0.4) is 0 Å². The molecule has 1 amide bonds. The average molecular weight is 374 g/mol. The van der Waals surface area contributed by atoms with Gasteiger partial charge >= 0.3 is 0 Å². The molecule has 0 saturated heterocycles. The van der Waals surface area contributed by atoms with Crippen molar-refractivity contribution in [1.82, 2.24) is 14.9 Å². The Balaban J connectivity index is 1.83. The zero-order valence-electron chi connectivity index (χ0n) is 14.6. The van der Waals surface area contributed by atoms with Gasteiger partial charge in [0.25, 0.3) is 5.56 Å². The monoisotopic (exact) mass is 374 g/mol. The van der Waals surface area contributed by atoms with E-state index in [9.17, 15) is 14.4 Å². The molecule has 0 saturated carbocycles. The number of carbonyl (C=O) groups is 2. The van der Waals surface area contributed by atoms with Gasteiger partial charge in [0.1, 0.15) is 6.04 Å². The minimum Gasteiger partial charge on any atom is -0.379 e. The van der Waals surface area contributed by atoms with Crippen LogP contribution in [0, 0.1) is 0 Å². The number of nitrogens with zero attached hydrogens (tertiary/aromatic N) is 2. The molecule has 1 atom stereocenters. The van der Waals surface area contributed by atoms with Crippen molar-refractivity contribution in [2.24, 2.45) is 0 Å². The minimum absolute atomic E-state index is 0.0631. The SMILES string of the molecule is CCC(C(=O)NCC(=O)CSCc1ccccc1)n1ccnc(N)c1=O. The van der Waals surface area contributed by atoms with E-state index >= 15 is 0 Å². The van der Waals surface area contributed by atoms with E-state index in [4.69, 9.17) is 5.73 Å². The highest BCUT2D eigenvalue weighted by molar-refractivity contribution is 7.99. The summed E-state index contributed by atoms with van der Waals surface area (Å²) in [4.78, 5) is 40.0. The fourth-order valence-corrected chi connectivity index (χ4v) is 3.27. The second-order valence-corrected chi connectivity index (χ2v) is 6.67. The highest BCUT2D eigenvalue weighted by Gasteiger charge is 2.20. The Labute approximate surface area is 156 Å². The lowest BCUT2D eigenvalue weighted by Crippen LogP contribution is -2.40. The summed E-state index contributed by atoms with van der Waals surface area (Å²) in [5, 5.41) is 2.60. The van der Waals surface area contributed by atoms with Crippen molar-refractivity contribution in [2.75, 3.05) is 18.0 Å². The summed E-state index contributed by atoms with van der Waals surface area (Å²) in [6.07, 6.45) is 3.19. The van der Waals surface area contributed by atoms with Gasteiger partial charge in [-0.05, 0) is 12.0 Å². The predicted octanol–water partition coefficient (Wildman–Crippen LogP) is 1.40. The number of aromatic nitrogens is 2. The summed E-state index contributed by atoms with van der Waals surface area (Å²) >= 11 is 1.50. The molecule has 0 aliphatic carbocycles. The van der Waals surface area contributed by atoms with Crippen LogP contribution in [0.2, 0.25) is 0 Å². The van der Waals surface area contributed by atoms with Gasteiger partial charge in [-0.15, -0.1) is 11.8 Å². The Bertz CT molecular complexity index is 808. The molecule has 3 N–H and O–H groups in total. The highest BCUT2D eigenvalue weighted by Crippen LogP contribution is 2.12. The summed E-state index contributed by atoms with van der Waals surface area (Å²) in [6, 6.07) is 9.14. The van der Waals surface area contributed by atoms with Crippen LogP contribution >= 0.6 is 11.8 Å². The number of nitrogen functional groups attached to an aromatic ring is 1. The van der Waals surface area contributed by atoms with Crippen molar-refractivity contribution in [2.45, 2.75) is 25.1 Å². The van der Waals surface area contributed by atoms with E-state index in [1.807, 2.05) is 30.3 Å². The fraction of sp³-hybridized carbons (Fsp3) is 0.333. The van der Waals surface area contributed by atoms with Crippen molar-refractivity contribution in [3.8, 4) is 0 Å². The van der Waals surface area contributed by atoms with E-state index in [-0.39, 0.29) is 24.1 Å². The number of amides is 1. The van der Waals surface area contributed by atoms with Crippen LogP contribution in [-0.2, 0) is 15.3 Å². The molecule has 0 aliphatic rings. The molecule has 1 unspecified atom stereocenters. The number of nitrogens with one attached hydrogen (secondary N) is 1. The van der Waals surface area contributed by atoms with E-state index in [2.05, 4.69) is 10.3 Å². The van der Waals surface area contributed by atoms with E-state index in [1.165, 1.54) is 28.7 Å². The smallest absolute Gasteiger partial charge is 0.293 e. The van der Waals surface area contributed by atoms with Gasteiger partial charge in [0.2, 0.25) is 5.91 Å². The van der Waals surface area contributed by atoms with Crippen molar-refractivity contribution in [1.29, 1.82) is 0 Å². The van der Waals surface area contributed by atoms with Crippen LogP contribution in [0.15, 0.2) is 47.5 Å². The molecule has 0 aliphatic heterocycles. The molecule has 138 valence electrons. The average Bonchev–Trinajstić information content (AvgIpc) is 2.65. The summed E-state index contributed by atoms with van der Waals surface area (Å²) in [5.41, 5.74) is 6.14. The van der Waals surface area contributed by atoms with E-state index < -0.39 is 11.6 Å². The minimum atomic E-state index is -0.724. The second kappa shape index (κ2) is 9.76. The number of carbonyl (C=O) groups excluding carboxylic acids is 2. The van der Waals surface area contributed by atoms with Gasteiger partial charge in [-0.3, -0.25) is 19.0 Å². The Morgan fingerprint density at radius 3 is 2.73 bits per heavy atom. The van der Waals surface area contributed by atoms with Gasteiger partial charge in [0.05, 0.1) is 12.3 Å². The van der Waals surface area contributed by atoms with Crippen molar-refractivity contribution >= 4 is 29.3 Å². The van der Waals surface area contributed by atoms with Crippen LogP contribution in [0.4, 0.5) is 5.82 Å². The number of hydrogen-bond acceptors (Lipinski definition) is 6. The summed E-state index contributed by atoms with van der Waals surface area (Å²) in [6.45, 7) is 1.72. The van der Waals surface area contributed by atoms with Crippen LogP contribution in [0.5, 0.6) is 0 Å². The number of ketones is 1. The number of rotatable bonds is 9. The lowest BCUT2D eigenvalue weighted by atomic mass is 10.2. The van der Waals surface area contributed by atoms with Crippen LogP contribution in [-0.4, -0.2) is 33.5 Å². The molecule has 0 radical (unpaired) electrons. The summed E-state index contributed by atoms with van der Waals surface area (Å²) < 4.78 is 1.24. The van der Waals surface area contributed by atoms with Crippen LogP contribution in [0.25, 0.3) is 0 Å². The third-order valence-corrected chi connectivity index (χ3v) is 4.82. The molecule has 0 spiro atoms. The van der Waals surface area contributed by atoms with Crippen molar-refractivity contribution in [3.63, 3.8) is 0 Å². The standard InChI is InChI=1S/C18H22N4O3S/c1-2-15(22-9-8-20-16(19)18(22)25)17(24)21-10-14(23)12-26-11-13-6-4-3-5-7-13/h3-9,15H,2,10-12H2,1H3,(H2,19,20)(H,21,24). The number of benzene rings is 1. The van der Waals surface area contributed by atoms with Crippen LogP contribution < -0.4 is 16.6 Å². The number of anilines is 1. The summed E-state index contributed by atoms with van der Waals surface area (Å²) in [5.74, 6) is 0.433. The van der Waals surface area contributed by atoms with Gasteiger partial charge in [-0.2, -0.15) is 0 Å². The Morgan fingerprint density at radius 1 is 1.31 bits per heavy atom. The van der Waals surface area contributed by atoms with E-state index in [0.717, 1.165) is 11.3 Å². The zero-order valence-corrected chi connectivity index (χ0v) is 15.4. The topological polar surface area (TPSA) is 107 Å². The molecule has 7 nitrogen and oxygen atoms in total. The number of nitrogens with two attached hydrogens (primary N) is 1. The maximum absolute atomic E-state index is 12.3. The van der Waals surface area contributed by atoms with E-state index in [1.54, 1.807) is 6.92 Å². The fourth-order valence-electron chi connectivity index (χ4n) is 2.41. The first-order valence-corrected chi connectivity index (χ1v) is 9.42. The highest BCUT2D eigenvalue weighted by atomic mass is 32.2. The Morgan fingerprint density at radius 2 is 2.04 bits per heavy atom. The maximum Gasteiger partial charge on any atom is 0.293 e. The van der Waals surface area contributed by atoms with Gasteiger partial charge in [-0.1, -0.05) is 37.3 Å². The zero-order chi connectivity index (χ0) is 18.9. The molecular weight excluding hydrogens is 352 g/mol. The molecule has 0 fully saturated rings. The molecule has 2 rings (SSSR count). The Kier molecular flexibility index (Phi) is 7.40. The van der Waals surface area contributed by atoms with Gasteiger partial charge in [-0.25, -0.2) is 4.98 Å². The quantitative estimate of drug-likeness (QED) is 0.687. The first-order valence-electron chi connectivity index (χ1n) is 8.26. The van der Waals surface area contributed by atoms with Crippen molar-refractivity contribution in [3.05, 3.63) is 58.6 Å². The first kappa shape index (κ1) is 19.7. The van der Waals surface area contributed by atoms with Crippen LogP contribution in [0.1, 0.15) is 24.9 Å². The molecule has 1 heterocycles. The molecule has 0 bridgehead atoms. The van der Waals surface area contributed by atoms with Gasteiger partial charge in [0, 0.05) is 18.1 Å². The molecule has 2 aromatic rings. The molecule has 1 aromatic heterocycles. The summed E-state index contributed by atoms with van der Waals surface area (Å²) in [7, 11) is 0. The predicted molar refractivity (Wildman–Crippen MR) is 103 cm³/mol. The van der Waals surface area contributed by atoms with Crippen molar-refractivity contribution < 1.29 is 9.59 Å². The van der Waals surface area contributed by atoms with Gasteiger partial charge in [0.15, 0.2) is 11.6 Å². The molecule has 8 heteroatoms. The number of thioether (sulfide) groups is 1. The first-order chi connectivity index (χ1) is 12.5. The molecule has 26 heavy (non-hydrogen) atoms. The Hall–Kier alpha value is -2.61. The number of hydrogen-bond donors (Lipinski definition) is 2. The lowest BCUT2D eigenvalue weighted by molar-refractivity contribution is -0.127. The lowest BCUT2D eigenvalue weighted by Gasteiger charge is -2.17. The third-order valence-electron chi connectivity index (χ3n) is 3.75.